The summed E-state index contributed by atoms with van der Waals surface area (Å²) in [6.45, 7) is -0.885. The van der Waals surface area contributed by atoms with Gasteiger partial charge in [-0.05, 0) is 79.5 Å². The van der Waals surface area contributed by atoms with E-state index in [1.54, 1.807) is 54.6 Å². The van der Waals surface area contributed by atoms with Crippen molar-refractivity contribution in [3.63, 3.8) is 0 Å². The standard InChI is InChI=1S/C43H54N8O10/c44-31(21-27-11-15-29(53)16-12-27)42(60)50-19-5-4-9-35(50)40(58)48-32(22-26-7-2-1-3-8-26)39(57)46-24-37(55)47-33(23-28-13-17-30(54)18-14-28)43(61)51-20-6-10-36(51)41(59)49-34(25-52)38(45)56/h1-3,7-8,11-18,31-36,52-54H,4-6,9-10,19-25,44H2,(H2,45,56)(H,46,57)(H,47,55)(H,48,58)(H,49,59)/t31-,32-,33-,34-,35+,36-/m0/s1. The number of hydrogen-bond acceptors (Lipinski definition) is 11. The number of rotatable bonds is 18. The minimum absolute atomic E-state index is 0.0170. The van der Waals surface area contributed by atoms with Gasteiger partial charge in [0.15, 0.2) is 0 Å². The lowest BCUT2D eigenvalue weighted by atomic mass is 9.97. The topological polar surface area (TPSA) is 287 Å². The zero-order valence-electron chi connectivity index (χ0n) is 33.7. The zero-order valence-corrected chi connectivity index (χ0v) is 33.7. The van der Waals surface area contributed by atoms with E-state index in [0.29, 0.717) is 43.4 Å². The van der Waals surface area contributed by atoms with Crippen molar-refractivity contribution in [2.24, 2.45) is 11.5 Å². The number of carbonyl (C=O) groups excluding carboxylic acids is 7. The predicted molar refractivity (Wildman–Crippen MR) is 221 cm³/mol. The Bertz CT molecular complexity index is 2020. The third-order valence-corrected chi connectivity index (χ3v) is 10.8. The molecule has 2 aliphatic heterocycles. The number of benzene rings is 3. The third-order valence-electron chi connectivity index (χ3n) is 10.8. The quantitative estimate of drug-likeness (QED) is 0.0739. The summed E-state index contributed by atoms with van der Waals surface area (Å²) in [6.07, 6.45) is 2.53. The molecule has 0 spiro atoms. The molecule has 18 nitrogen and oxygen atoms in total. The highest BCUT2D eigenvalue weighted by Gasteiger charge is 2.39. The zero-order chi connectivity index (χ0) is 44.1. The van der Waals surface area contributed by atoms with Crippen molar-refractivity contribution in [1.82, 2.24) is 31.1 Å². The first-order chi connectivity index (χ1) is 29.2. The van der Waals surface area contributed by atoms with E-state index in [9.17, 15) is 48.9 Å². The average Bonchev–Trinajstić information content (AvgIpc) is 3.76. The molecule has 7 amide bonds. The molecule has 3 aromatic rings. The fourth-order valence-electron chi connectivity index (χ4n) is 7.56. The number of nitrogens with one attached hydrogen (secondary N) is 4. The number of aliphatic hydroxyl groups is 1. The van der Waals surface area contributed by atoms with Crippen LogP contribution in [-0.2, 0) is 52.8 Å². The summed E-state index contributed by atoms with van der Waals surface area (Å²) in [6, 6.07) is 14.5. The summed E-state index contributed by atoms with van der Waals surface area (Å²) in [5.41, 5.74) is 13.6. The molecule has 0 aromatic heterocycles. The van der Waals surface area contributed by atoms with Crippen LogP contribution in [0.1, 0.15) is 48.8 Å². The van der Waals surface area contributed by atoms with Crippen LogP contribution < -0.4 is 32.7 Å². The van der Waals surface area contributed by atoms with Gasteiger partial charge in [-0.1, -0.05) is 54.6 Å². The Hall–Kier alpha value is -6.53. The van der Waals surface area contributed by atoms with Gasteiger partial charge in [-0.25, -0.2) is 0 Å². The monoisotopic (exact) mass is 842 g/mol. The van der Waals surface area contributed by atoms with Crippen molar-refractivity contribution >= 4 is 41.4 Å². The molecule has 2 saturated heterocycles. The lowest BCUT2D eigenvalue weighted by Gasteiger charge is -2.37. The van der Waals surface area contributed by atoms with Crippen LogP contribution >= 0.6 is 0 Å². The molecule has 0 radical (unpaired) electrons. The van der Waals surface area contributed by atoms with Gasteiger partial charge in [0.2, 0.25) is 41.4 Å². The van der Waals surface area contributed by atoms with E-state index in [1.165, 1.54) is 34.1 Å². The second-order valence-electron chi connectivity index (χ2n) is 15.3. The van der Waals surface area contributed by atoms with Crippen LogP contribution in [0.4, 0.5) is 0 Å². The molecule has 0 aliphatic carbocycles. The van der Waals surface area contributed by atoms with Gasteiger partial charge in [0.1, 0.15) is 41.7 Å². The van der Waals surface area contributed by atoms with E-state index in [4.69, 9.17) is 11.5 Å². The van der Waals surface area contributed by atoms with Crippen LogP contribution in [0.25, 0.3) is 0 Å². The van der Waals surface area contributed by atoms with Gasteiger partial charge in [0.05, 0.1) is 19.2 Å². The highest BCUT2D eigenvalue weighted by Crippen LogP contribution is 2.22. The van der Waals surface area contributed by atoms with Crippen LogP contribution in [0.3, 0.4) is 0 Å². The first-order valence-electron chi connectivity index (χ1n) is 20.3. The molecule has 2 fully saturated rings. The van der Waals surface area contributed by atoms with Gasteiger partial charge in [-0.2, -0.15) is 0 Å². The normalized spacial score (nSPS) is 18.2. The van der Waals surface area contributed by atoms with Crippen molar-refractivity contribution in [3.05, 3.63) is 95.6 Å². The smallest absolute Gasteiger partial charge is 0.246 e. The molecule has 5 rings (SSSR count). The highest BCUT2D eigenvalue weighted by molar-refractivity contribution is 5.97. The summed E-state index contributed by atoms with van der Waals surface area (Å²) < 4.78 is 0. The van der Waals surface area contributed by atoms with Crippen LogP contribution in [-0.4, -0.2) is 129 Å². The lowest BCUT2D eigenvalue weighted by Crippen LogP contribution is -2.59. The van der Waals surface area contributed by atoms with Gasteiger partial charge in [0.25, 0.3) is 0 Å². The molecule has 61 heavy (non-hydrogen) atoms. The molecule has 326 valence electrons. The molecule has 0 unspecified atom stereocenters. The number of primary amides is 1. The van der Waals surface area contributed by atoms with Gasteiger partial charge in [-0.15, -0.1) is 0 Å². The Morgan fingerprint density at radius 3 is 1.72 bits per heavy atom. The number of amides is 7. The molecule has 6 atom stereocenters. The molecule has 2 heterocycles. The number of hydrogen-bond donors (Lipinski definition) is 9. The van der Waals surface area contributed by atoms with E-state index < -0.39 is 90.8 Å². The van der Waals surface area contributed by atoms with Crippen LogP contribution in [0.15, 0.2) is 78.9 Å². The van der Waals surface area contributed by atoms with E-state index >= 15 is 0 Å². The van der Waals surface area contributed by atoms with Gasteiger partial charge >= 0.3 is 0 Å². The number of carbonyl (C=O) groups is 7. The minimum Gasteiger partial charge on any atom is -0.508 e. The summed E-state index contributed by atoms with van der Waals surface area (Å²) in [5.74, 6) is -4.65. The number of nitrogens with two attached hydrogens (primary N) is 2. The number of likely N-dealkylation sites (tertiary alicyclic amines) is 2. The predicted octanol–water partition coefficient (Wildman–Crippen LogP) is -1.13. The molecular weight excluding hydrogens is 789 g/mol. The Morgan fingerprint density at radius 1 is 0.623 bits per heavy atom. The molecule has 11 N–H and O–H groups in total. The third kappa shape index (κ3) is 12.7. The van der Waals surface area contributed by atoms with Gasteiger partial charge < -0.3 is 57.9 Å². The Labute approximate surface area is 353 Å². The van der Waals surface area contributed by atoms with Gasteiger partial charge in [-0.3, -0.25) is 33.6 Å². The second-order valence-corrected chi connectivity index (χ2v) is 15.3. The van der Waals surface area contributed by atoms with Crippen molar-refractivity contribution in [2.45, 2.75) is 87.6 Å². The van der Waals surface area contributed by atoms with Crippen molar-refractivity contribution < 1.29 is 48.9 Å². The van der Waals surface area contributed by atoms with Crippen LogP contribution in [0, 0.1) is 0 Å². The minimum atomic E-state index is -1.36. The molecule has 18 heteroatoms. The van der Waals surface area contributed by atoms with E-state index in [1.807, 2.05) is 0 Å². The Morgan fingerprint density at radius 2 is 1.13 bits per heavy atom. The first-order valence-corrected chi connectivity index (χ1v) is 20.3. The van der Waals surface area contributed by atoms with Crippen LogP contribution in [0.2, 0.25) is 0 Å². The number of aliphatic hydroxyl groups excluding tert-OH is 1. The van der Waals surface area contributed by atoms with E-state index in [0.717, 1.165) is 5.56 Å². The van der Waals surface area contributed by atoms with Crippen molar-refractivity contribution in [2.75, 3.05) is 26.2 Å². The molecule has 2 aliphatic rings. The number of piperidine rings is 1. The fraction of sp³-hybridized carbons (Fsp3) is 0.419. The Kier molecular flexibility index (Phi) is 16.2. The summed E-state index contributed by atoms with van der Waals surface area (Å²) in [5, 5.41) is 39.3. The maximum atomic E-state index is 14.1. The maximum absolute atomic E-state index is 14.1. The maximum Gasteiger partial charge on any atom is 0.246 e. The molecule has 0 bridgehead atoms. The van der Waals surface area contributed by atoms with E-state index in [2.05, 4.69) is 21.3 Å². The second kappa shape index (κ2) is 21.6. The van der Waals surface area contributed by atoms with Gasteiger partial charge in [0, 0.05) is 25.9 Å². The number of phenols is 2. The summed E-state index contributed by atoms with van der Waals surface area (Å²) in [7, 11) is 0. The Balaban J connectivity index is 1.27. The molecule has 3 aromatic carbocycles. The molecule has 0 saturated carbocycles. The van der Waals surface area contributed by atoms with Crippen molar-refractivity contribution in [1.29, 1.82) is 0 Å². The lowest BCUT2D eigenvalue weighted by molar-refractivity contribution is -0.144. The number of aromatic hydroxyl groups is 2. The highest BCUT2D eigenvalue weighted by atomic mass is 16.3. The van der Waals surface area contributed by atoms with Crippen LogP contribution in [0.5, 0.6) is 11.5 Å². The summed E-state index contributed by atoms with van der Waals surface area (Å²) in [4.78, 5) is 96.5. The largest absolute Gasteiger partial charge is 0.508 e. The SMILES string of the molecule is NC(=O)[C@H](CO)NC(=O)[C@@H]1CCCN1C(=O)[C@H](Cc1ccc(O)cc1)NC(=O)CNC(=O)[C@H](Cc1ccccc1)NC(=O)[C@H]1CCCCN1C(=O)[C@@H](N)Cc1ccc(O)cc1. The number of phenolic OH excluding ortho intramolecular Hbond substituents is 2. The van der Waals surface area contributed by atoms with Crippen molar-refractivity contribution in [3.8, 4) is 11.5 Å². The first kappa shape index (κ1) is 45.6. The fourth-order valence-corrected chi connectivity index (χ4v) is 7.56. The van der Waals surface area contributed by atoms with E-state index in [-0.39, 0.29) is 43.7 Å². The summed E-state index contributed by atoms with van der Waals surface area (Å²) >= 11 is 0. The molecular formula is C43H54N8O10. The number of nitrogens with zero attached hydrogens (tertiary/aromatic N) is 2. The average molecular weight is 843 g/mol.